The lowest BCUT2D eigenvalue weighted by molar-refractivity contribution is 0.475. The molecule has 14 heavy (non-hydrogen) atoms. The van der Waals surface area contributed by atoms with Gasteiger partial charge in [0.05, 0.1) is 0 Å². The molecule has 0 saturated carbocycles. The Labute approximate surface area is 89.1 Å². The number of fused-ring (bicyclic) bond motifs is 1. The zero-order chi connectivity index (χ0) is 10.3. The number of aromatic hydroxyl groups is 1. The van der Waals surface area contributed by atoms with Crippen LogP contribution in [-0.2, 0) is 0 Å². The molecule has 0 bridgehead atoms. The van der Waals surface area contributed by atoms with Crippen molar-refractivity contribution in [2.24, 2.45) is 0 Å². The minimum atomic E-state index is 0.336. The highest BCUT2D eigenvalue weighted by Crippen LogP contribution is 2.40. The topological polar surface area (TPSA) is 23.5 Å². The first-order valence-corrected chi connectivity index (χ1v) is 5.27. The molecule has 1 aliphatic heterocycles. The quantitative estimate of drug-likeness (QED) is 0.722. The molecule has 0 saturated heterocycles. The van der Waals surface area contributed by atoms with Gasteiger partial charge in [-0.05, 0) is 24.1 Å². The van der Waals surface area contributed by atoms with Crippen LogP contribution in [0, 0.1) is 6.92 Å². The Morgan fingerprint density at radius 1 is 1.57 bits per heavy atom. The van der Waals surface area contributed by atoms with Crippen molar-refractivity contribution < 1.29 is 5.11 Å². The molecule has 0 radical (unpaired) electrons. The van der Waals surface area contributed by atoms with Crippen LogP contribution in [0.25, 0.3) is 0 Å². The number of aryl methyl sites for hydroxylation is 1. The molecule has 1 heterocycles. The zero-order valence-corrected chi connectivity index (χ0v) is 9.17. The predicted octanol–water partition coefficient (Wildman–Crippen LogP) is 2.47. The molecule has 2 nitrogen and oxygen atoms in total. The first-order valence-electron chi connectivity index (χ1n) is 4.74. The molecule has 0 spiro atoms. The van der Waals surface area contributed by atoms with Gasteiger partial charge < -0.3 is 10.0 Å². The second-order valence-corrected chi connectivity index (χ2v) is 4.24. The van der Waals surface area contributed by atoms with Gasteiger partial charge in [-0.25, -0.2) is 0 Å². The van der Waals surface area contributed by atoms with Crippen molar-refractivity contribution in [2.75, 3.05) is 24.4 Å². The number of halogens is 1. The average molecular weight is 212 g/mol. The standard InChI is InChI=1S/C11H14ClNO/c1-7-3-9(14)4-10-11(7)8(5-12)6-13(10)2/h3-4,8,14H,5-6H2,1-2H3. The van der Waals surface area contributed by atoms with Gasteiger partial charge >= 0.3 is 0 Å². The van der Waals surface area contributed by atoms with Crippen LogP contribution < -0.4 is 4.90 Å². The van der Waals surface area contributed by atoms with Crippen molar-refractivity contribution >= 4 is 17.3 Å². The van der Waals surface area contributed by atoms with Gasteiger partial charge in [0.15, 0.2) is 0 Å². The normalized spacial score (nSPS) is 19.9. The van der Waals surface area contributed by atoms with Crippen LogP contribution in [0.15, 0.2) is 12.1 Å². The van der Waals surface area contributed by atoms with Crippen LogP contribution in [0.3, 0.4) is 0 Å². The van der Waals surface area contributed by atoms with E-state index in [4.69, 9.17) is 11.6 Å². The Morgan fingerprint density at radius 2 is 2.29 bits per heavy atom. The number of likely N-dealkylation sites (N-methyl/N-ethyl adjacent to an activating group) is 1. The van der Waals surface area contributed by atoms with Gasteiger partial charge in [-0.15, -0.1) is 11.6 Å². The zero-order valence-electron chi connectivity index (χ0n) is 8.42. The van der Waals surface area contributed by atoms with Gasteiger partial charge in [-0.3, -0.25) is 0 Å². The molecule has 0 aromatic heterocycles. The Hall–Kier alpha value is -0.890. The van der Waals surface area contributed by atoms with Crippen molar-refractivity contribution in [3.05, 3.63) is 23.3 Å². The maximum Gasteiger partial charge on any atom is 0.117 e. The molecule has 1 aliphatic rings. The van der Waals surface area contributed by atoms with E-state index < -0.39 is 0 Å². The van der Waals surface area contributed by atoms with E-state index in [1.807, 2.05) is 20.0 Å². The van der Waals surface area contributed by atoms with Crippen LogP contribution in [-0.4, -0.2) is 24.6 Å². The summed E-state index contributed by atoms with van der Waals surface area (Å²) in [6, 6.07) is 3.62. The van der Waals surface area contributed by atoms with Crippen LogP contribution in [0.2, 0.25) is 0 Å². The molecule has 0 amide bonds. The first-order chi connectivity index (χ1) is 6.63. The number of hydrogen-bond donors (Lipinski definition) is 1. The highest BCUT2D eigenvalue weighted by Gasteiger charge is 2.27. The summed E-state index contributed by atoms with van der Waals surface area (Å²) in [7, 11) is 2.03. The summed E-state index contributed by atoms with van der Waals surface area (Å²) in [5.74, 6) is 1.38. The summed E-state index contributed by atoms with van der Waals surface area (Å²) < 4.78 is 0. The third kappa shape index (κ3) is 1.34. The van der Waals surface area contributed by atoms with E-state index in [9.17, 15) is 5.11 Å². The molecular formula is C11H14ClNO. The summed E-state index contributed by atoms with van der Waals surface area (Å²) in [6.45, 7) is 2.97. The molecule has 1 N–H and O–H groups in total. The fourth-order valence-corrected chi connectivity index (χ4v) is 2.51. The van der Waals surface area contributed by atoms with Gasteiger partial charge in [-0.2, -0.15) is 0 Å². The third-order valence-corrected chi connectivity index (χ3v) is 3.22. The number of alkyl halides is 1. The molecule has 1 unspecified atom stereocenters. The van der Waals surface area contributed by atoms with E-state index in [0.29, 0.717) is 17.5 Å². The summed E-state index contributed by atoms with van der Waals surface area (Å²) >= 11 is 5.92. The number of benzene rings is 1. The molecule has 3 heteroatoms. The Kier molecular flexibility index (Phi) is 2.31. The van der Waals surface area contributed by atoms with E-state index in [0.717, 1.165) is 17.8 Å². The van der Waals surface area contributed by atoms with Gasteiger partial charge in [-0.1, -0.05) is 0 Å². The van der Waals surface area contributed by atoms with Crippen molar-refractivity contribution in [3.8, 4) is 5.75 Å². The number of phenols is 1. The minimum absolute atomic E-state index is 0.336. The van der Waals surface area contributed by atoms with E-state index in [2.05, 4.69) is 4.90 Å². The maximum absolute atomic E-state index is 9.49. The number of phenolic OH excluding ortho intramolecular Hbond substituents is 1. The second-order valence-electron chi connectivity index (χ2n) is 3.93. The lowest BCUT2D eigenvalue weighted by Gasteiger charge is -2.12. The first kappa shape index (κ1) is 9.66. The number of anilines is 1. The monoisotopic (exact) mass is 211 g/mol. The summed E-state index contributed by atoms with van der Waals surface area (Å²) in [6.07, 6.45) is 0. The van der Waals surface area contributed by atoms with Crippen molar-refractivity contribution in [1.29, 1.82) is 0 Å². The molecule has 0 fully saturated rings. The van der Waals surface area contributed by atoms with Gasteiger partial charge in [0.25, 0.3) is 0 Å². The van der Waals surface area contributed by atoms with Crippen LogP contribution >= 0.6 is 11.6 Å². The van der Waals surface area contributed by atoms with E-state index >= 15 is 0 Å². The highest BCUT2D eigenvalue weighted by molar-refractivity contribution is 6.18. The SMILES string of the molecule is Cc1cc(O)cc2c1C(CCl)CN2C. The summed E-state index contributed by atoms with van der Waals surface area (Å²) in [5.41, 5.74) is 3.54. The third-order valence-electron chi connectivity index (χ3n) is 2.85. The van der Waals surface area contributed by atoms with Crippen LogP contribution in [0.5, 0.6) is 5.75 Å². The largest absolute Gasteiger partial charge is 0.508 e. The predicted molar refractivity (Wildman–Crippen MR) is 59.6 cm³/mol. The second kappa shape index (κ2) is 3.35. The van der Waals surface area contributed by atoms with Crippen molar-refractivity contribution in [3.63, 3.8) is 0 Å². The minimum Gasteiger partial charge on any atom is -0.508 e. The highest BCUT2D eigenvalue weighted by atomic mass is 35.5. The van der Waals surface area contributed by atoms with E-state index in [-0.39, 0.29) is 0 Å². The molecule has 1 atom stereocenters. The number of hydrogen-bond acceptors (Lipinski definition) is 2. The molecule has 2 rings (SSSR count). The fourth-order valence-electron chi connectivity index (χ4n) is 2.25. The summed E-state index contributed by atoms with van der Waals surface area (Å²) in [4.78, 5) is 2.15. The average Bonchev–Trinajstić information content (AvgIpc) is 2.43. The summed E-state index contributed by atoms with van der Waals surface area (Å²) in [5, 5.41) is 9.49. The lowest BCUT2D eigenvalue weighted by Crippen LogP contribution is -2.15. The van der Waals surface area contributed by atoms with E-state index in [1.54, 1.807) is 6.07 Å². The van der Waals surface area contributed by atoms with Crippen LogP contribution in [0.4, 0.5) is 5.69 Å². The Bertz CT molecular complexity index is 365. The van der Waals surface area contributed by atoms with Gasteiger partial charge in [0.1, 0.15) is 5.75 Å². The van der Waals surface area contributed by atoms with Crippen molar-refractivity contribution in [2.45, 2.75) is 12.8 Å². The number of nitrogens with zero attached hydrogens (tertiary/aromatic N) is 1. The fraction of sp³-hybridized carbons (Fsp3) is 0.455. The Balaban J connectivity index is 2.56. The number of rotatable bonds is 1. The van der Waals surface area contributed by atoms with E-state index in [1.165, 1.54) is 5.56 Å². The van der Waals surface area contributed by atoms with Crippen LogP contribution in [0.1, 0.15) is 17.0 Å². The molecular weight excluding hydrogens is 198 g/mol. The molecule has 76 valence electrons. The smallest absolute Gasteiger partial charge is 0.117 e. The van der Waals surface area contributed by atoms with Gasteiger partial charge in [0.2, 0.25) is 0 Å². The maximum atomic E-state index is 9.49. The lowest BCUT2D eigenvalue weighted by atomic mass is 9.98. The van der Waals surface area contributed by atoms with Gasteiger partial charge in [0, 0.05) is 37.1 Å². The molecule has 1 aromatic rings. The Morgan fingerprint density at radius 3 is 2.93 bits per heavy atom. The molecule has 0 aliphatic carbocycles. The van der Waals surface area contributed by atoms with Crippen molar-refractivity contribution in [1.82, 2.24) is 0 Å². The molecule has 1 aromatic carbocycles.